The number of aromatic hydroxyl groups is 1. The predicted octanol–water partition coefficient (Wildman–Crippen LogP) is 1.94. The Labute approximate surface area is 84.9 Å². The molecule has 0 aromatic heterocycles. The lowest BCUT2D eigenvalue weighted by atomic mass is 10.1. The number of phenolic OH excluding ortho intramolecular Hbond substituents is 1. The highest BCUT2D eigenvalue weighted by Gasteiger charge is 2.23. The summed E-state index contributed by atoms with van der Waals surface area (Å²) < 4.78 is 0.892. The number of hydrogen-bond donors (Lipinski definition) is 2. The van der Waals surface area contributed by atoms with Gasteiger partial charge < -0.3 is 10.8 Å². The molecule has 2 nitrogen and oxygen atoms in total. The van der Waals surface area contributed by atoms with Crippen molar-refractivity contribution in [2.24, 2.45) is 5.73 Å². The van der Waals surface area contributed by atoms with Gasteiger partial charge in [0, 0.05) is 11.6 Å². The third-order valence-corrected chi connectivity index (χ3v) is 3.22. The molecule has 0 fully saturated rings. The molecule has 1 aromatic carbocycles. The Kier molecular flexibility index (Phi) is 2.00. The monoisotopic (exact) mass is 275 g/mol. The first-order valence-electron chi connectivity index (χ1n) is 3.96. The van der Waals surface area contributed by atoms with Crippen LogP contribution in [-0.2, 0) is 6.42 Å². The summed E-state index contributed by atoms with van der Waals surface area (Å²) in [5.74, 6) is 0.387. The quantitative estimate of drug-likeness (QED) is 0.711. The molecule has 1 aliphatic carbocycles. The van der Waals surface area contributed by atoms with Gasteiger partial charge in [-0.25, -0.2) is 0 Å². The molecule has 0 spiro atoms. The predicted molar refractivity (Wildman–Crippen MR) is 56.1 cm³/mol. The van der Waals surface area contributed by atoms with Gasteiger partial charge in [0.05, 0.1) is 3.57 Å². The fraction of sp³-hybridized carbons (Fsp3) is 0.333. The summed E-state index contributed by atoms with van der Waals surface area (Å²) in [5.41, 5.74) is 8.02. The minimum Gasteiger partial charge on any atom is -0.506 e. The molecule has 2 rings (SSSR count). The minimum atomic E-state index is 0.0368. The van der Waals surface area contributed by atoms with Crippen molar-refractivity contribution < 1.29 is 5.11 Å². The Balaban J connectivity index is 2.63. The van der Waals surface area contributed by atoms with Crippen LogP contribution in [0, 0.1) is 3.57 Å². The van der Waals surface area contributed by atoms with Crippen LogP contribution in [0.2, 0.25) is 0 Å². The summed E-state index contributed by atoms with van der Waals surface area (Å²) in [6.07, 6.45) is 1.96. The van der Waals surface area contributed by atoms with Crippen LogP contribution in [0.1, 0.15) is 23.6 Å². The number of benzene rings is 1. The maximum Gasteiger partial charge on any atom is 0.133 e. The molecular weight excluding hydrogens is 265 g/mol. The zero-order chi connectivity index (χ0) is 8.72. The Morgan fingerprint density at radius 1 is 1.50 bits per heavy atom. The van der Waals surface area contributed by atoms with E-state index in [0.29, 0.717) is 5.75 Å². The molecule has 1 aliphatic rings. The fourth-order valence-electron chi connectivity index (χ4n) is 1.71. The van der Waals surface area contributed by atoms with Gasteiger partial charge in [0.1, 0.15) is 5.75 Å². The molecule has 0 bridgehead atoms. The van der Waals surface area contributed by atoms with Gasteiger partial charge in [-0.1, -0.05) is 6.07 Å². The second-order valence-corrected chi connectivity index (χ2v) is 4.28. The van der Waals surface area contributed by atoms with Crippen LogP contribution in [-0.4, -0.2) is 5.11 Å². The number of fused-ring (bicyclic) bond motifs is 1. The summed E-state index contributed by atoms with van der Waals surface area (Å²) in [7, 11) is 0. The standard InChI is InChI=1S/C9H10INO/c10-6-3-1-5-2-4-7(11)8(5)9(6)12/h1,3,7,12H,2,4,11H2. The first-order valence-corrected chi connectivity index (χ1v) is 5.04. The summed E-state index contributed by atoms with van der Waals surface area (Å²) in [6.45, 7) is 0. The molecule has 1 aromatic rings. The SMILES string of the molecule is NC1CCc2ccc(I)c(O)c21. The topological polar surface area (TPSA) is 46.2 Å². The second kappa shape index (κ2) is 2.88. The maximum atomic E-state index is 9.70. The lowest BCUT2D eigenvalue weighted by molar-refractivity contribution is 0.460. The van der Waals surface area contributed by atoms with E-state index < -0.39 is 0 Å². The zero-order valence-corrected chi connectivity index (χ0v) is 8.71. The van der Waals surface area contributed by atoms with Crippen LogP contribution in [0.5, 0.6) is 5.75 Å². The molecule has 64 valence electrons. The molecule has 0 aliphatic heterocycles. The highest BCUT2D eigenvalue weighted by molar-refractivity contribution is 14.1. The van der Waals surface area contributed by atoms with Crippen molar-refractivity contribution >= 4 is 22.6 Å². The van der Waals surface area contributed by atoms with E-state index in [4.69, 9.17) is 5.73 Å². The Morgan fingerprint density at radius 2 is 2.25 bits per heavy atom. The Morgan fingerprint density at radius 3 is 3.00 bits per heavy atom. The largest absolute Gasteiger partial charge is 0.506 e. The van der Waals surface area contributed by atoms with Crippen molar-refractivity contribution in [1.82, 2.24) is 0 Å². The van der Waals surface area contributed by atoms with Crippen molar-refractivity contribution in [2.45, 2.75) is 18.9 Å². The van der Waals surface area contributed by atoms with Gasteiger partial charge >= 0.3 is 0 Å². The highest BCUT2D eigenvalue weighted by atomic mass is 127. The van der Waals surface area contributed by atoms with Gasteiger partial charge in [0.25, 0.3) is 0 Å². The molecule has 0 heterocycles. The lowest BCUT2D eigenvalue weighted by Gasteiger charge is -2.08. The lowest BCUT2D eigenvalue weighted by Crippen LogP contribution is -2.05. The van der Waals surface area contributed by atoms with Gasteiger partial charge in [-0.05, 0) is 47.1 Å². The van der Waals surface area contributed by atoms with Crippen molar-refractivity contribution in [2.75, 3.05) is 0 Å². The van der Waals surface area contributed by atoms with E-state index in [-0.39, 0.29) is 6.04 Å². The number of hydrogen-bond acceptors (Lipinski definition) is 2. The zero-order valence-electron chi connectivity index (χ0n) is 6.55. The number of nitrogens with two attached hydrogens (primary N) is 1. The van der Waals surface area contributed by atoms with E-state index in [2.05, 4.69) is 28.7 Å². The molecule has 12 heavy (non-hydrogen) atoms. The van der Waals surface area contributed by atoms with E-state index in [0.717, 1.165) is 22.0 Å². The van der Waals surface area contributed by atoms with Crippen molar-refractivity contribution in [3.63, 3.8) is 0 Å². The van der Waals surface area contributed by atoms with Gasteiger partial charge in [-0.3, -0.25) is 0 Å². The van der Waals surface area contributed by atoms with Crippen LogP contribution in [0.15, 0.2) is 12.1 Å². The Hall–Kier alpha value is -0.290. The van der Waals surface area contributed by atoms with E-state index in [1.165, 1.54) is 5.56 Å². The third-order valence-electron chi connectivity index (χ3n) is 2.35. The number of phenols is 1. The normalized spacial score (nSPS) is 21.0. The molecule has 0 amide bonds. The molecule has 3 heteroatoms. The second-order valence-electron chi connectivity index (χ2n) is 3.11. The maximum absolute atomic E-state index is 9.70. The molecule has 0 saturated heterocycles. The van der Waals surface area contributed by atoms with Gasteiger partial charge in [0.15, 0.2) is 0 Å². The first kappa shape index (κ1) is 8.31. The minimum absolute atomic E-state index is 0.0368. The average Bonchev–Trinajstić information content (AvgIpc) is 2.41. The summed E-state index contributed by atoms with van der Waals surface area (Å²) in [4.78, 5) is 0. The van der Waals surface area contributed by atoms with Crippen molar-refractivity contribution in [3.8, 4) is 5.75 Å². The van der Waals surface area contributed by atoms with E-state index >= 15 is 0 Å². The third kappa shape index (κ3) is 1.11. The van der Waals surface area contributed by atoms with Crippen LogP contribution in [0.3, 0.4) is 0 Å². The molecule has 1 atom stereocenters. The Bertz CT molecular complexity index is 325. The van der Waals surface area contributed by atoms with Gasteiger partial charge in [-0.2, -0.15) is 0 Å². The van der Waals surface area contributed by atoms with E-state index in [1.807, 2.05) is 6.07 Å². The molecule has 3 N–H and O–H groups in total. The summed E-state index contributed by atoms with van der Waals surface area (Å²) in [6, 6.07) is 4.03. The van der Waals surface area contributed by atoms with Gasteiger partial charge in [-0.15, -0.1) is 0 Å². The summed E-state index contributed by atoms with van der Waals surface area (Å²) in [5, 5.41) is 9.70. The highest BCUT2D eigenvalue weighted by Crippen LogP contribution is 2.38. The average molecular weight is 275 g/mol. The fourth-order valence-corrected chi connectivity index (χ4v) is 2.18. The van der Waals surface area contributed by atoms with Gasteiger partial charge in [0.2, 0.25) is 0 Å². The smallest absolute Gasteiger partial charge is 0.133 e. The van der Waals surface area contributed by atoms with Crippen molar-refractivity contribution in [3.05, 3.63) is 26.8 Å². The molecule has 1 unspecified atom stereocenters. The van der Waals surface area contributed by atoms with Crippen LogP contribution >= 0.6 is 22.6 Å². The number of rotatable bonds is 0. The van der Waals surface area contributed by atoms with E-state index in [9.17, 15) is 5.11 Å². The van der Waals surface area contributed by atoms with Crippen LogP contribution in [0.25, 0.3) is 0 Å². The summed E-state index contributed by atoms with van der Waals surface area (Å²) >= 11 is 2.12. The number of aryl methyl sites for hydroxylation is 1. The number of halogens is 1. The first-order chi connectivity index (χ1) is 5.70. The molecule has 0 radical (unpaired) electrons. The van der Waals surface area contributed by atoms with Crippen LogP contribution < -0.4 is 5.73 Å². The van der Waals surface area contributed by atoms with E-state index in [1.54, 1.807) is 0 Å². The molecule has 0 saturated carbocycles. The van der Waals surface area contributed by atoms with Crippen molar-refractivity contribution in [1.29, 1.82) is 0 Å². The molecular formula is C9H10INO. The van der Waals surface area contributed by atoms with Crippen LogP contribution in [0.4, 0.5) is 0 Å².